The second-order valence-corrected chi connectivity index (χ2v) is 4.67. The molecule has 0 bridgehead atoms. The van der Waals surface area contributed by atoms with Crippen LogP contribution in [0.2, 0.25) is 0 Å². The number of carbonyl (C=O) groups excluding carboxylic acids is 1. The molecule has 0 rings (SSSR count). The highest BCUT2D eigenvalue weighted by Gasteiger charge is 2.31. The van der Waals surface area contributed by atoms with Crippen molar-refractivity contribution >= 4 is 17.5 Å². The summed E-state index contributed by atoms with van der Waals surface area (Å²) in [6.07, 6.45) is 1.99. The van der Waals surface area contributed by atoms with Crippen molar-refractivity contribution < 1.29 is 4.79 Å². The van der Waals surface area contributed by atoms with E-state index in [1.807, 2.05) is 25.8 Å². The lowest BCUT2D eigenvalue weighted by molar-refractivity contribution is -0.140. The first kappa shape index (κ1) is 13.8. The van der Waals surface area contributed by atoms with Crippen molar-refractivity contribution in [2.45, 2.75) is 46.6 Å². The zero-order chi connectivity index (χ0) is 11.4. The second kappa shape index (κ2) is 5.59. The number of hydrogen-bond donors (Lipinski definition) is 0. The van der Waals surface area contributed by atoms with Crippen molar-refractivity contribution in [3.05, 3.63) is 0 Å². The molecule has 2 nitrogen and oxygen atoms in total. The van der Waals surface area contributed by atoms with E-state index in [1.165, 1.54) is 0 Å². The van der Waals surface area contributed by atoms with Gasteiger partial charge in [0, 0.05) is 19.0 Å². The van der Waals surface area contributed by atoms with Gasteiger partial charge in [0.15, 0.2) is 0 Å². The van der Waals surface area contributed by atoms with Gasteiger partial charge < -0.3 is 4.90 Å². The van der Waals surface area contributed by atoms with Gasteiger partial charge in [0.2, 0.25) is 5.91 Å². The Morgan fingerprint density at radius 3 is 2.07 bits per heavy atom. The molecule has 0 aromatic carbocycles. The topological polar surface area (TPSA) is 20.3 Å². The van der Waals surface area contributed by atoms with Crippen LogP contribution >= 0.6 is 11.6 Å². The van der Waals surface area contributed by atoms with Gasteiger partial charge >= 0.3 is 0 Å². The Labute approximate surface area is 92.6 Å². The van der Waals surface area contributed by atoms with Crippen LogP contribution in [0.5, 0.6) is 0 Å². The molecule has 0 N–H and O–H groups in total. The van der Waals surface area contributed by atoms with Crippen molar-refractivity contribution in [1.82, 2.24) is 4.90 Å². The van der Waals surface area contributed by atoms with E-state index in [4.69, 9.17) is 11.6 Å². The predicted molar refractivity (Wildman–Crippen MR) is 61.6 cm³/mol. The van der Waals surface area contributed by atoms with Crippen LogP contribution < -0.4 is 0 Å². The SMILES string of the molecule is CCC(CC)N(C)C(=O)C(C)(C)CCl. The molecule has 1 amide bonds. The van der Waals surface area contributed by atoms with Gasteiger partial charge in [0.05, 0.1) is 5.41 Å². The average Bonchev–Trinajstić information content (AvgIpc) is 2.18. The van der Waals surface area contributed by atoms with Crippen molar-refractivity contribution in [3.63, 3.8) is 0 Å². The van der Waals surface area contributed by atoms with E-state index in [2.05, 4.69) is 13.8 Å². The molecular weight excluding hydrogens is 198 g/mol. The summed E-state index contributed by atoms with van der Waals surface area (Å²) < 4.78 is 0. The van der Waals surface area contributed by atoms with E-state index >= 15 is 0 Å². The van der Waals surface area contributed by atoms with Gasteiger partial charge in [-0.05, 0) is 26.7 Å². The number of alkyl halides is 1. The Morgan fingerprint density at radius 1 is 1.36 bits per heavy atom. The quantitative estimate of drug-likeness (QED) is 0.652. The predicted octanol–water partition coefficient (Wildman–Crippen LogP) is 2.90. The standard InChI is InChI=1S/C11H22ClNO/c1-6-9(7-2)13(5)10(14)11(3,4)8-12/h9H,6-8H2,1-5H3. The van der Waals surface area contributed by atoms with Gasteiger partial charge in [-0.2, -0.15) is 0 Å². The third-order valence-electron chi connectivity index (χ3n) is 2.72. The van der Waals surface area contributed by atoms with E-state index in [0.29, 0.717) is 11.9 Å². The largest absolute Gasteiger partial charge is 0.342 e. The molecule has 0 atom stereocenters. The molecule has 0 aromatic rings. The molecule has 3 heteroatoms. The van der Waals surface area contributed by atoms with Crippen LogP contribution in [0.15, 0.2) is 0 Å². The zero-order valence-electron chi connectivity index (χ0n) is 9.93. The fraction of sp³-hybridized carbons (Fsp3) is 0.909. The van der Waals surface area contributed by atoms with Crippen molar-refractivity contribution in [1.29, 1.82) is 0 Å². The van der Waals surface area contributed by atoms with Crippen molar-refractivity contribution in [3.8, 4) is 0 Å². The fourth-order valence-corrected chi connectivity index (χ4v) is 1.65. The van der Waals surface area contributed by atoms with Gasteiger partial charge in [0.25, 0.3) is 0 Å². The first-order chi connectivity index (χ1) is 6.40. The molecular formula is C11H22ClNO. The number of carbonyl (C=O) groups is 1. The number of nitrogens with zero attached hydrogens (tertiary/aromatic N) is 1. The van der Waals surface area contributed by atoms with E-state index in [1.54, 1.807) is 0 Å². The van der Waals surface area contributed by atoms with Crippen LogP contribution in [0.25, 0.3) is 0 Å². The molecule has 0 fully saturated rings. The highest BCUT2D eigenvalue weighted by Crippen LogP contribution is 2.22. The summed E-state index contributed by atoms with van der Waals surface area (Å²) in [4.78, 5) is 13.8. The van der Waals surface area contributed by atoms with Gasteiger partial charge in [-0.3, -0.25) is 4.79 Å². The molecule has 0 aliphatic carbocycles. The van der Waals surface area contributed by atoms with Gasteiger partial charge in [-0.15, -0.1) is 11.6 Å². The molecule has 0 heterocycles. The first-order valence-electron chi connectivity index (χ1n) is 5.23. The highest BCUT2D eigenvalue weighted by molar-refractivity contribution is 6.19. The lowest BCUT2D eigenvalue weighted by atomic mass is 9.93. The van der Waals surface area contributed by atoms with Crippen molar-refractivity contribution in [2.75, 3.05) is 12.9 Å². The normalized spacial score (nSPS) is 11.9. The molecule has 84 valence electrons. The van der Waals surface area contributed by atoms with Crippen LogP contribution in [0.4, 0.5) is 0 Å². The number of hydrogen-bond acceptors (Lipinski definition) is 1. The number of rotatable bonds is 5. The minimum atomic E-state index is -0.446. The molecule has 0 aliphatic rings. The monoisotopic (exact) mass is 219 g/mol. The third-order valence-corrected chi connectivity index (χ3v) is 3.39. The molecule has 0 aromatic heterocycles. The van der Waals surface area contributed by atoms with Crippen LogP contribution in [0.3, 0.4) is 0 Å². The minimum absolute atomic E-state index is 0.140. The number of halogens is 1. The average molecular weight is 220 g/mol. The lowest BCUT2D eigenvalue weighted by Gasteiger charge is -2.33. The lowest BCUT2D eigenvalue weighted by Crippen LogP contribution is -2.44. The third kappa shape index (κ3) is 3.16. The first-order valence-corrected chi connectivity index (χ1v) is 5.77. The summed E-state index contributed by atoms with van der Waals surface area (Å²) in [5, 5.41) is 0. The van der Waals surface area contributed by atoms with E-state index in [0.717, 1.165) is 12.8 Å². The Morgan fingerprint density at radius 2 is 1.79 bits per heavy atom. The van der Waals surface area contributed by atoms with Crippen LogP contribution in [-0.4, -0.2) is 29.8 Å². The Balaban J connectivity index is 4.52. The van der Waals surface area contributed by atoms with Gasteiger partial charge in [-0.1, -0.05) is 13.8 Å². The van der Waals surface area contributed by atoms with Crippen LogP contribution in [0, 0.1) is 5.41 Å². The summed E-state index contributed by atoms with van der Waals surface area (Å²) >= 11 is 5.78. The maximum absolute atomic E-state index is 12.0. The Kier molecular flexibility index (Phi) is 5.50. The molecule has 0 unspecified atom stereocenters. The summed E-state index contributed by atoms with van der Waals surface area (Å²) in [5.41, 5.74) is -0.446. The second-order valence-electron chi connectivity index (χ2n) is 4.40. The smallest absolute Gasteiger partial charge is 0.229 e. The molecule has 0 spiro atoms. The van der Waals surface area contributed by atoms with Crippen LogP contribution in [0.1, 0.15) is 40.5 Å². The summed E-state index contributed by atoms with van der Waals surface area (Å²) in [5.74, 6) is 0.511. The molecule has 0 aliphatic heterocycles. The fourth-order valence-electron chi connectivity index (χ4n) is 1.54. The van der Waals surface area contributed by atoms with Crippen LogP contribution in [-0.2, 0) is 4.79 Å². The number of amides is 1. The van der Waals surface area contributed by atoms with Gasteiger partial charge in [0.1, 0.15) is 0 Å². The molecule has 14 heavy (non-hydrogen) atoms. The van der Waals surface area contributed by atoms with E-state index < -0.39 is 5.41 Å². The zero-order valence-corrected chi connectivity index (χ0v) is 10.7. The van der Waals surface area contributed by atoms with Crippen molar-refractivity contribution in [2.24, 2.45) is 5.41 Å². The maximum Gasteiger partial charge on any atom is 0.229 e. The summed E-state index contributed by atoms with van der Waals surface area (Å²) in [6, 6.07) is 0.338. The minimum Gasteiger partial charge on any atom is -0.342 e. The Bertz CT molecular complexity index is 188. The Hall–Kier alpha value is -0.240. The van der Waals surface area contributed by atoms with E-state index in [9.17, 15) is 4.79 Å². The maximum atomic E-state index is 12.0. The summed E-state index contributed by atoms with van der Waals surface area (Å²) in [6.45, 7) is 7.99. The molecule has 0 radical (unpaired) electrons. The molecule has 0 saturated heterocycles. The van der Waals surface area contributed by atoms with E-state index in [-0.39, 0.29) is 5.91 Å². The van der Waals surface area contributed by atoms with Gasteiger partial charge in [-0.25, -0.2) is 0 Å². The highest BCUT2D eigenvalue weighted by atomic mass is 35.5. The summed E-state index contributed by atoms with van der Waals surface area (Å²) in [7, 11) is 1.87. The molecule has 0 saturated carbocycles.